The molecule has 2 atom stereocenters. The molecule has 0 aliphatic carbocycles. The van der Waals surface area contributed by atoms with Crippen molar-refractivity contribution in [3.63, 3.8) is 0 Å². The highest BCUT2D eigenvalue weighted by molar-refractivity contribution is 6.31. The summed E-state index contributed by atoms with van der Waals surface area (Å²) >= 11 is 5.75. The number of nitrogens with zero attached hydrogens (tertiary/aromatic N) is 3. The predicted molar refractivity (Wildman–Crippen MR) is 97.0 cm³/mol. The standard InChI is InChI=1S/C19H16ClFN4O/c1-11-10-15(12-6-3-2-4-7-12)25-18(11)23-17(24-25)19(26)22-14-9-5-8-13(20)16(14)21/h2-9,11,15H,10H2,1H3,(H,22,26)/t11-,15-/m0/s1. The van der Waals surface area contributed by atoms with Crippen molar-refractivity contribution < 1.29 is 9.18 Å². The molecule has 1 aliphatic heterocycles. The lowest BCUT2D eigenvalue weighted by Crippen LogP contribution is -2.16. The maximum atomic E-state index is 14.0. The summed E-state index contributed by atoms with van der Waals surface area (Å²) in [6.45, 7) is 2.06. The lowest BCUT2D eigenvalue weighted by molar-refractivity contribution is 0.101. The Morgan fingerprint density at radius 3 is 2.77 bits per heavy atom. The second kappa shape index (κ2) is 6.53. The minimum atomic E-state index is -0.676. The highest BCUT2D eigenvalue weighted by Gasteiger charge is 2.33. The van der Waals surface area contributed by atoms with E-state index in [9.17, 15) is 9.18 Å². The summed E-state index contributed by atoms with van der Waals surface area (Å²) in [6, 6.07) is 14.5. The topological polar surface area (TPSA) is 59.8 Å². The van der Waals surface area contributed by atoms with Crippen molar-refractivity contribution in [2.75, 3.05) is 5.32 Å². The molecule has 2 aromatic carbocycles. The molecule has 2 heterocycles. The molecule has 0 radical (unpaired) electrons. The van der Waals surface area contributed by atoms with Crippen LogP contribution in [0.2, 0.25) is 5.02 Å². The largest absolute Gasteiger partial charge is 0.317 e. The summed E-state index contributed by atoms with van der Waals surface area (Å²) in [5.74, 6) is -0.281. The molecule has 0 saturated carbocycles. The summed E-state index contributed by atoms with van der Waals surface area (Å²) in [5.41, 5.74) is 1.13. The molecule has 5 nitrogen and oxygen atoms in total. The van der Waals surface area contributed by atoms with Crippen LogP contribution in [0.1, 0.15) is 47.3 Å². The smallest absolute Gasteiger partial charge is 0.295 e. The Morgan fingerprint density at radius 2 is 2.00 bits per heavy atom. The van der Waals surface area contributed by atoms with Gasteiger partial charge in [-0.05, 0) is 24.1 Å². The monoisotopic (exact) mass is 370 g/mol. The van der Waals surface area contributed by atoms with Gasteiger partial charge in [0.1, 0.15) is 5.82 Å². The molecule has 132 valence electrons. The van der Waals surface area contributed by atoms with Gasteiger partial charge in [0.2, 0.25) is 5.82 Å². The number of benzene rings is 2. The molecule has 7 heteroatoms. The van der Waals surface area contributed by atoms with Crippen molar-refractivity contribution in [2.24, 2.45) is 0 Å². The first-order chi connectivity index (χ1) is 12.5. The zero-order valence-electron chi connectivity index (χ0n) is 14.0. The van der Waals surface area contributed by atoms with Gasteiger partial charge in [0.25, 0.3) is 5.91 Å². The Balaban J connectivity index is 1.63. The van der Waals surface area contributed by atoms with Crippen LogP contribution in [-0.4, -0.2) is 20.7 Å². The number of fused-ring (bicyclic) bond motifs is 1. The normalized spacial score (nSPS) is 18.6. The summed E-state index contributed by atoms with van der Waals surface area (Å²) < 4.78 is 15.8. The highest BCUT2D eigenvalue weighted by atomic mass is 35.5. The third kappa shape index (κ3) is 2.86. The van der Waals surface area contributed by atoms with Crippen LogP contribution in [0.4, 0.5) is 10.1 Å². The number of rotatable bonds is 3. The summed E-state index contributed by atoms with van der Waals surface area (Å²) in [6.07, 6.45) is 0.879. The molecule has 0 spiro atoms. The van der Waals surface area contributed by atoms with Gasteiger partial charge in [-0.25, -0.2) is 14.1 Å². The molecule has 1 aromatic heterocycles. The van der Waals surface area contributed by atoms with Gasteiger partial charge in [0.15, 0.2) is 5.82 Å². The molecular weight excluding hydrogens is 355 g/mol. The molecule has 0 saturated heterocycles. The van der Waals surface area contributed by atoms with Crippen LogP contribution in [-0.2, 0) is 0 Å². The van der Waals surface area contributed by atoms with Crippen molar-refractivity contribution in [1.82, 2.24) is 14.8 Å². The van der Waals surface area contributed by atoms with E-state index in [1.54, 1.807) is 10.7 Å². The molecule has 3 aromatic rings. The average molecular weight is 371 g/mol. The van der Waals surface area contributed by atoms with Gasteiger partial charge in [0.05, 0.1) is 16.8 Å². The van der Waals surface area contributed by atoms with Gasteiger partial charge in [0, 0.05) is 5.92 Å². The minimum Gasteiger partial charge on any atom is -0.317 e. The minimum absolute atomic E-state index is 0.00474. The van der Waals surface area contributed by atoms with Gasteiger partial charge in [-0.1, -0.05) is 54.9 Å². The third-order valence-corrected chi connectivity index (χ3v) is 4.85. The second-order valence-corrected chi connectivity index (χ2v) is 6.76. The number of carbonyl (C=O) groups excluding carboxylic acids is 1. The van der Waals surface area contributed by atoms with Crippen LogP contribution in [0.15, 0.2) is 48.5 Å². The van der Waals surface area contributed by atoms with E-state index in [1.807, 2.05) is 30.3 Å². The van der Waals surface area contributed by atoms with E-state index in [2.05, 4.69) is 22.3 Å². The summed E-state index contributed by atoms with van der Waals surface area (Å²) in [5, 5.41) is 6.82. The first kappa shape index (κ1) is 16.7. The molecule has 26 heavy (non-hydrogen) atoms. The van der Waals surface area contributed by atoms with Crippen molar-refractivity contribution in [2.45, 2.75) is 25.3 Å². The zero-order chi connectivity index (χ0) is 18.3. The lowest BCUT2D eigenvalue weighted by Gasteiger charge is -2.12. The van der Waals surface area contributed by atoms with E-state index < -0.39 is 11.7 Å². The van der Waals surface area contributed by atoms with Crippen molar-refractivity contribution in [3.8, 4) is 0 Å². The fourth-order valence-corrected chi connectivity index (χ4v) is 3.44. The fraction of sp³-hybridized carbons (Fsp3) is 0.211. The van der Waals surface area contributed by atoms with E-state index in [0.717, 1.165) is 17.8 Å². The number of hydrogen-bond acceptors (Lipinski definition) is 3. The van der Waals surface area contributed by atoms with Gasteiger partial charge in [-0.15, -0.1) is 5.10 Å². The molecule has 1 N–H and O–H groups in total. The van der Waals surface area contributed by atoms with Crippen LogP contribution < -0.4 is 5.32 Å². The van der Waals surface area contributed by atoms with Crippen molar-refractivity contribution in [1.29, 1.82) is 0 Å². The third-order valence-electron chi connectivity index (χ3n) is 4.56. The Kier molecular flexibility index (Phi) is 4.20. The number of anilines is 1. The number of amides is 1. The molecule has 4 rings (SSSR count). The quantitative estimate of drug-likeness (QED) is 0.742. The van der Waals surface area contributed by atoms with Crippen LogP contribution in [0.5, 0.6) is 0 Å². The van der Waals surface area contributed by atoms with Gasteiger partial charge < -0.3 is 5.32 Å². The molecule has 1 amide bonds. The van der Waals surface area contributed by atoms with Crippen LogP contribution in [0.3, 0.4) is 0 Å². The SMILES string of the molecule is C[C@H]1C[C@@H](c2ccccc2)n2nc(C(=O)Nc3cccc(Cl)c3F)nc21. The maximum absolute atomic E-state index is 14.0. The van der Waals surface area contributed by atoms with Gasteiger partial charge in [-0.2, -0.15) is 0 Å². The van der Waals surface area contributed by atoms with Crippen molar-refractivity contribution in [3.05, 3.63) is 76.6 Å². The number of halogens is 2. The van der Waals surface area contributed by atoms with E-state index in [-0.39, 0.29) is 28.5 Å². The average Bonchev–Trinajstić information content (AvgIpc) is 3.21. The number of carbonyl (C=O) groups is 1. The number of nitrogens with one attached hydrogen (secondary N) is 1. The number of hydrogen-bond donors (Lipinski definition) is 1. The Hall–Kier alpha value is -2.73. The first-order valence-electron chi connectivity index (χ1n) is 8.31. The van der Waals surface area contributed by atoms with E-state index in [0.29, 0.717) is 0 Å². The predicted octanol–water partition coefficient (Wildman–Crippen LogP) is 4.42. The molecular formula is C19H16ClFN4O. The molecule has 0 unspecified atom stereocenters. The summed E-state index contributed by atoms with van der Waals surface area (Å²) in [4.78, 5) is 16.9. The molecule has 0 fully saturated rings. The Labute approximate surface area is 154 Å². The number of aromatic nitrogens is 3. The van der Waals surface area contributed by atoms with E-state index >= 15 is 0 Å². The Morgan fingerprint density at radius 1 is 1.23 bits per heavy atom. The Bertz CT molecular complexity index is 973. The van der Waals surface area contributed by atoms with Crippen LogP contribution >= 0.6 is 11.6 Å². The van der Waals surface area contributed by atoms with Crippen molar-refractivity contribution >= 4 is 23.2 Å². The van der Waals surface area contributed by atoms with Gasteiger partial charge >= 0.3 is 0 Å². The molecule has 0 bridgehead atoms. The maximum Gasteiger partial charge on any atom is 0.295 e. The second-order valence-electron chi connectivity index (χ2n) is 6.36. The van der Waals surface area contributed by atoms with Crippen LogP contribution in [0.25, 0.3) is 0 Å². The summed E-state index contributed by atoms with van der Waals surface area (Å²) in [7, 11) is 0. The lowest BCUT2D eigenvalue weighted by atomic mass is 10.0. The zero-order valence-corrected chi connectivity index (χ0v) is 14.7. The van der Waals surface area contributed by atoms with Crippen LogP contribution in [0, 0.1) is 5.82 Å². The highest BCUT2D eigenvalue weighted by Crippen LogP contribution is 2.38. The fourth-order valence-electron chi connectivity index (χ4n) is 3.27. The first-order valence-corrected chi connectivity index (χ1v) is 8.69. The van der Waals surface area contributed by atoms with Gasteiger partial charge in [-0.3, -0.25) is 4.79 Å². The van der Waals surface area contributed by atoms with E-state index in [4.69, 9.17) is 11.6 Å². The molecule has 1 aliphatic rings. The van der Waals surface area contributed by atoms with E-state index in [1.165, 1.54) is 12.1 Å².